The molecule has 0 aliphatic rings. The minimum atomic E-state index is -0.846. The lowest BCUT2D eigenvalue weighted by molar-refractivity contribution is -0.109. The maximum Gasteiger partial charge on any atom is 0.408 e. The molecule has 1 aromatic carbocycles. The molecule has 19 heavy (non-hydrogen) atoms. The van der Waals surface area contributed by atoms with Gasteiger partial charge in [0.25, 0.3) is 0 Å². The van der Waals surface area contributed by atoms with E-state index < -0.39 is 17.7 Å². The largest absolute Gasteiger partial charge is 0.508 e. The zero-order valence-electron chi connectivity index (χ0n) is 11.6. The zero-order chi connectivity index (χ0) is 14.6. The van der Waals surface area contributed by atoms with Crippen LogP contribution in [0.15, 0.2) is 18.2 Å². The first-order valence-electron chi connectivity index (χ1n) is 5.97. The van der Waals surface area contributed by atoms with Crippen LogP contribution in [0.5, 0.6) is 5.75 Å². The number of phenols is 1. The Morgan fingerprint density at radius 1 is 1.42 bits per heavy atom. The standard InChI is InChI=1S/C14H19NO4/c1-9-5-6-10(7-12(9)17)11(8-16)15-13(18)19-14(2,3)4/h5-8,11,17H,1-4H3,(H,15,18). The van der Waals surface area contributed by atoms with E-state index >= 15 is 0 Å². The molecule has 2 N–H and O–H groups in total. The summed E-state index contributed by atoms with van der Waals surface area (Å²) in [5, 5.41) is 12.1. The van der Waals surface area contributed by atoms with Crippen molar-refractivity contribution in [3.8, 4) is 5.75 Å². The van der Waals surface area contributed by atoms with E-state index in [-0.39, 0.29) is 5.75 Å². The van der Waals surface area contributed by atoms with Crippen LogP contribution in [-0.4, -0.2) is 23.1 Å². The van der Waals surface area contributed by atoms with Crippen LogP contribution in [0, 0.1) is 6.92 Å². The van der Waals surface area contributed by atoms with Crippen LogP contribution in [0.25, 0.3) is 0 Å². The number of ether oxygens (including phenoxy) is 1. The van der Waals surface area contributed by atoms with Crippen LogP contribution < -0.4 is 5.32 Å². The highest BCUT2D eigenvalue weighted by atomic mass is 16.6. The number of rotatable bonds is 3. The van der Waals surface area contributed by atoms with Crippen LogP contribution in [0.1, 0.15) is 37.9 Å². The van der Waals surface area contributed by atoms with E-state index in [0.29, 0.717) is 17.4 Å². The highest BCUT2D eigenvalue weighted by molar-refractivity contribution is 5.74. The number of carbonyl (C=O) groups excluding carboxylic acids is 2. The Morgan fingerprint density at radius 3 is 2.53 bits per heavy atom. The van der Waals surface area contributed by atoms with Crippen molar-refractivity contribution in [2.45, 2.75) is 39.3 Å². The average molecular weight is 265 g/mol. The number of carbonyl (C=O) groups is 2. The number of aryl methyl sites for hydroxylation is 1. The molecule has 0 saturated heterocycles. The SMILES string of the molecule is Cc1ccc(C(C=O)NC(=O)OC(C)(C)C)cc1O. The van der Waals surface area contributed by atoms with Crippen molar-refractivity contribution < 1.29 is 19.4 Å². The summed E-state index contributed by atoms with van der Waals surface area (Å²) >= 11 is 0. The fourth-order valence-electron chi connectivity index (χ4n) is 1.45. The molecule has 0 fully saturated rings. The lowest BCUT2D eigenvalue weighted by Crippen LogP contribution is -2.35. The first-order chi connectivity index (χ1) is 8.73. The van der Waals surface area contributed by atoms with Gasteiger partial charge in [0.2, 0.25) is 0 Å². The highest BCUT2D eigenvalue weighted by Crippen LogP contribution is 2.21. The van der Waals surface area contributed by atoms with Crippen molar-refractivity contribution in [1.29, 1.82) is 0 Å². The molecule has 5 nitrogen and oxygen atoms in total. The molecule has 104 valence electrons. The summed E-state index contributed by atoms with van der Waals surface area (Å²) in [6, 6.07) is 3.95. The molecular formula is C14H19NO4. The van der Waals surface area contributed by atoms with Gasteiger partial charge in [-0.05, 0) is 44.9 Å². The second-order valence-electron chi connectivity index (χ2n) is 5.31. The number of benzene rings is 1. The van der Waals surface area contributed by atoms with Gasteiger partial charge in [-0.15, -0.1) is 0 Å². The molecule has 0 bridgehead atoms. The molecule has 5 heteroatoms. The molecular weight excluding hydrogens is 246 g/mol. The van der Waals surface area contributed by atoms with Gasteiger partial charge in [0.05, 0.1) is 0 Å². The summed E-state index contributed by atoms with van der Waals surface area (Å²) in [4.78, 5) is 22.6. The quantitative estimate of drug-likeness (QED) is 0.823. The number of hydrogen-bond acceptors (Lipinski definition) is 4. The molecule has 1 atom stereocenters. The Balaban J connectivity index is 2.81. The minimum Gasteiger partial charge on any atom is -0.508 e. The van der Waals surface area contributed by atoms with E-state index in [1.165, 1.54) is 6.07 Å². The lowest BCUT2D eigenvalue weighted by atomic mass is 10.1. The number of phenolic OH excluding ortho intramolecular Hbond substituents is 1. The van der Waals surface area contributed by atoms with Crippen LogP contribution in [0.4, 0.5) is 4.79 Å². The lowest BCUT2D eigenvalue weighted by Gasteiger charge is -2.21. The number of aromatic hydroxyl groups is 1. The summed E-state index contributed by atoms with van der Waals surface area (Å²) in [6.07, 6.45) is -0.0849. The normalized spacial score (nSPS) is 12.6. The van der Waals surface area contributed by atoms with E-state index in [4.69, 9.17) is 4.74 Å². The Morgan fingerprint density at radius 2 is 2.05 bits per heavy atom. The summed E-state index contributed by atoms with van der Waals surface area (Å²) in [7, 11) is 0. The van der Waals surface area contributed by atoms with Crippen molar-refractivity contribution >= 4 is 12.4 Å². The number of hydrogen-bond donors (Lipinski definition) is 2. The monoisotopic (exact) mass is 265 g/mol. The predicted molar refractivity (Wildman–Crippen MR) is 71.0 cm³/mol. The Labute approximate surface area is 112 Å². The molecule has 0 saturated carbocycles. The molecule has 1 unspecified atom stereocenters. The first-order valence-corrected chi connectivity index (χ1v) is 5.97. The third-order valence-corrected chi connectivity index (χ3v) is 2.40. The van der Waals surface area contributed by atoms with Gasteiger partial charge in [-0.2, -0.15) is 0 Å². The second-order valence-corrected chi connectivity index (χ2v) is 5.31. The van der Waals surface area contributed by atoms with E-state index in [9.17, 15) is 14.7 Å². The maximum absolute atomic E-state index is 11.6. The second kappa shape index (κ2) is 5.73. The molecule has 1 rings (SSSR count). The van der Waals surface area contributed by atoms with E-state index in [1.54, 1.807) is 39.8 Å². The van der Waals surface area contributed by atoms with E-state index in [1.807, 2.05) is 0 Å². The first kappa shape index (κ1) is 15.0. The molecule has 0 radical (unpaired) electrons. The Hall–Kier alpha value is -2.04. The van der Waals surface area contributed by atoms with Gasteiger partial charge in [-0.3, -0.25) is 0 Å². The van der Waals surface area contributed by atoms with Crippen molar-refractivity contribution in [3.05, 3.63) is 29.3 Å². The Bertz CT molecular complexity index is 477. The smallest absolute Gasteiger partial charge is 0.408 e. The molecule has 1 amide bonds. The van der Waals surface area contributed by atoms with Gasteiger partial charge in [-0.25, -0.2) is 4.79 Å². The zero-order valence-corrected chi connectivity index (χ0v) is 11.6. The van der Waals surface area contributed by atoms with Crippen molar-refractivity contribution in [1.82, 2.24) is 5.32 Å². The number of nitrogens with one attached hydrogen (secondary N) is 1. The highest BCUT2D eigenvalue weighted by Gasteiger charge is 2.20. The van der Waals surface area contributed by atoms with E-state index in [0.717, 1.165) is 0 Å². The molecule has 0 aliphatic carbocycles. The van der Waals surface area contributed by atoms with Crippen LogP contribution in [-0.2, 0) is 9.53 Å². The predicted octanol–water partition coefficient (Wildman–Crippen LogP) is 2.47. The number of amides is 1. The van der Waals surface area contributed by atoms with Crippen LogP contribution in [0.3, 0.4) is 0 Å². The molecule has 0 aromatic heterocycles. The Kier molecular flexibility index (Phi) is 4.53. The summed E-state index contributed by atoms with van der Waals surface area (Å²) < 4.78 is 5.07. The summed E-state index contributed by atoms with van der Waals surface area (Å²) in [5.74, 6) is 0.0790. The van der Waals surface area contributed by atoms with Crippen molar-refractivity contribution in [3.63, 3.8) is 0 Å². The van der Waals surface area contributed by atoms with Gasteiger partial charge in [0.1, 0.15) is 23.7 Å². The average Bonchev–Trinajstić information content (AvgIpc) is 2.27. The molecule has 0 heterocycles. The van der Waals surface area contributed by atoms with Gasteiger partial charge < -0.3 is 20.0 Å². The van der Waals surface area contributed by atoms with Crippen molar-refractivity contribution in [2.24, 2.45) is 0 Å². The number of aldehydes is 1. The third-order valence-electron chi connectivity index (χ3n) is 2.40. The van der Waals surface area contributed by atoms with Gasteiger partial charge in [0, 0.05) is 0 Å². The van der Waals surface area contributed by atoms with Crippen molar-refractivity contribution in [2.75, 3.05) is 0 Å². The van der Waals surface area contributed by atoms with Gasteiger partial charge in [-0.1, -0.05) is 12.1 Å². The maximum atomic E-state index is 11.6. The molecule has 0 aliphatic heterocycles. The third kappa shape index (κ3) is 4.62. The summed E-state index contributed by atoms with van der Waals surface area (Å²) in [6.45, 7) is 6.96. The molecule has 0 spiro atoms. The summed E-state index contributed by atoms with van der Waals surface area (Å²) in [5.41, 5.74) is 0.571. The fraction of sp³-hybridized carbons (Fsp3) is 0.429. The topological polar surface area (TPSA) is 75.6 Å². The molecule has 1 aromatic rings. The fourth-order valence-corrected chi connectivity index (χ4v) is 1.45. The van der Waals surface area contributed by atoms with Crippen LogP contribution >= 0.6 is 0 Å². The number of alkyl carbamates (subject to hydrolysis) is 1. The minimum absolute atomic E-state index is 0.0790. The van der Waals surface area contributed by atoms with Crippen LogP contribution in [0.2, 0.25) is 0 Å². The van der Waals surface area contributed by atoms with Gasteiger partial charge >= 0.3 is 6.09 Å². The van der Waals surface area contributed by atoms with Gasteiger partial charge in [0.15, 0.2) is 0 Å². The van der Waals surface area contributed by atoms with E-state index in [2.05, 4.69) is 5.32 Å².